The van der Waals surface area contributed by atoms with E-state index in [0.29, 0.717) is 6.61 Å². The largest absolute Gasteiger partial charge is 0.463 e. The van der Waals surface area contributed by atoms with Gasteiger partial charge in [0.15, 0.2) is 0 Å². The first-order valence-corrected chi connectivity index (χ1v) is 6.14. The first-order valence-electron chi connectivity index (χ1n) is 6.14. The second-order valence-corrected chi connectivity index (χ2v) is 3.99. The molecule has 2 nitrogen and oxygen atoms in total. The zero-order valence-electron chi connectivity index (χ0n) is 10.9. The molecule has 0 aliphatic heterocycles. The summed E-state index contributed by atoms with van der Waals surface area (Å²) in [5.74, 6) is 5.43. The molecule has 0 spiro atoms. The Balaban J connectivity index is 2.40. The fraction of sp³-hybridized carbons (Fsp3) is 0.312. The van der Waals surface area contributed by atoms with Gasteiger partial charge in [-0.15, -0.1) is 0 Å². The molecule has 1 rings (SSSR count). The number of carbonyl (C=O) groups is 1. The van der Waals surface area contributed by atoms with Crippen LogP contribution in [0, 0.1) is 18.8 Å². The van der Waals surface area contributed by atoms with Gasteiger partial charge in [-0.1, -0.05) is 42.9 Å². The third-order valence-electron chi connectivity index (χ3n) is 2.31. The number of unbranched alkanes of at least 4 members (excludes halogenated alkanes) is 1. The van der Waals surface area contributed by atoms with Crippen molar-refractivity contribution in [1.29, 1.82) is 0 Å². The van der Waals surface area contributed by atoms with E-state index in [1.807, 2.05) is 31.2 Å². The molecule has 0 N–H and O–H groups in total. The van der Waals surface area contributed by atoms with Crippen LogP contribution in [0.4, 0.5) is 0 Å². The Morgan fingerprint density at radius 1 is 1.33 bits per heavy atom. The van der Waals surface area contributed by atoms with Crippen molar-refractivity contribution in [2.24, 2.45) is 0 Å². The van der Waals surface area contributed by atoms with Gasteiger partial charge < -0.3 is 4.74 Å². The molecule has 0 saturated carbocycles. The van der Waals surface area contributed by atoms with Crippen LogP contribution in [0.25, 0.3) is 0 Å². The Labute approximate surface area is 109 Å². The topological polar surface area (TPSA) is 26.3 Å². The Morgan fingerprint density at radius 3 is 2.72 bits per heavy atom. The molecule has 0 unspecified atom stereocenters. The fourth-order valence-corrected chi connectivity index (χ4v) is 1.24. The maximum atomic E-state index is 11.2. The van der Waals surface area contributed by atoms with Gasteiger partial charge in [-0.25, -0.2) is 4.79 Å². The number of hydrogen-bond acceptors (Lipinski definition) is 2. The second kappa shape index (κ2) is 8.14. The second-order valence-electron chi connectivity index (χ2n) is 3.99. The lowest BCUT2D eigenvalue weighted by atomic mass is 10.1. The molecule has 0 aliphatic rings. The van der Waals surface area contributed by atoms with E-state index in [1.165, 1.54) is 17.7 Å². The lowest BCUT2D eigenvalue weighted by Gasteiger charge is -1.97. The molecule has 0 heterocycles. The third-order valence-corrected chi connectivity index (χ3v) is 2.31. The van der Waals surface area contributed by atoms with E-state index in [2.05, 4.69) is 18.8 Å². The van der Waals surface area contributed by atoms with Gasteiger partial charge in [0.05, 0.1) is 6.61 Å². The maximum absolute atomic E-state index is 11.2. The van der Waals surface area contributed by atoms with Gasteiger partial charge in [-0.3, -0.25) is 0 Å². The summed E-state index contributed by atoms with van der Waals surface area (Å²) in [7, 11) is 0. The van der Waals surface area contributed by atoms with Crippen LogP contribution in [0.1, 0.15) is 30.9 Å². The number of allylic oxidation sites excluding steroid dienone is 1. The van der Waals surface area contributed by atoms with Crippen LogP contribution in [-0.2, 0) is 9.53 Å². The highest BCUT2D eigenvalue weighted by Crippen LogP contribution is 2.00. The maximum Gasteiger partial charge on any atom is 0.331 e. The molecular formula is C16H18O2. The lowest BCUT2D eigenvalue weighted by Crippen LogP contribution is -2.01. The Bertz CT molecular complexity index is 458. The van der Waals surface area contributed by atoms with Crippen LogP contribution in [0.2, 0.25) is 0 Å². The predicted molar refractivity (Wildman–Crippen MR) is 73.1 cm³/mol. The van der Waals surface area contributed by atoms with Gasteiger partial charge in [0.2, 0.25) is 0 Å². The first-order chi connectivity index (χ1) is 8.72. The number of hydrogen-bond donors (Lipinski definition) is 0. The normalized spacial score (nSPS) is 9.89. The van der Waals surface area contributed by atoms with Crippen LogP contribution in [0.3, 0.4) is 0 Å². The SMILES string of the molecule is CCCCOC(=O)/C=C/C#Cc1ccc(C)cc1. The Kier molecular flexibility index (Phi) is 6.35. The van der Waals surface area contributed by atoms with Crippen molar-refractivity contribution >= 4 is 5.97 Å². The highest BCUT2D eigenvalue weighted by molar-refractivity contribution is 5.82. The van der Waals surface area contributed by atoms with Crippen molar-refractivity contribution in [2.45, 2.75) is 26.7 Å². The minimum atomic E-state index is -0.332. The van der Waals surface area contributed by atoms with Gasteiger partial charge >= 0.3 is 5.97 Å². The van der Waals surface area contributed by atoms with Crippen molar-refractivity contribution in [3.8, 4) is 11.8 Å². The van der Waals surface area contributed by atoms with Crippen molar-refractivity contribution < 1.29 is 9.53 Å². The summed E-state index contributed by atoms with van der Waals surface area (Å²) in [5.41, 5.74) is 2.14. The number of rotatable bonds is 4. The molecule has 18 heavy (non-hydrogen) atoms. The summed E-state index contributed by atoms with van der Waals surface area (Å²) >= 11 is 0. The smallest absolute Gasteiger partial charge is 0.331 e. The fourth-order valence-electron chi connectivity index (χ4n) is 1.24. The van der Waals surface area contributed by atoms with Crippen molar-refractivity contribution in [3.63, 3.8) is 0 Å². The molecule has 1 aromatic carbocycles. The van der Waals surface area contributed by atoms with Crippen molar-refractivity contribution in [2.75, 3.05) is 6.61 Å². The molecule has 0 radical (unpaired) electrons. The van der Waals surface area contributed by atoms with E-state index in [9.17, 15) is 4.79 Å². The van der Waals surface area contributed by atoms with Gasteiger partial charge in [0.25, 0.3) is 0 Å². The number of benzene rings is 1. The van der Waals surface area contributed by atoms with E-state index in [1.54, 1.807) is 0 Å². The lowest BCUT2D eigenvalue weighted by molar-refractivity contribution is -0.137. The van der Waals surface area contributed by atoms with Gasteiger partial charge in [-0.05, 0) is 31.6 Å². The minimum absolute atomic E-state index is 0.332. The first kappa shape index (κ1) is 14.1. The minimum Gasteiger partial charge on any atom is -0.463 e. The quantitative estimate of drug-likeness (QED) is 0.350. The van der Waals surface area contributed by atoms with E-state index < -0.39 is 0 Å². The Morgan fingerprint density at radius 2 is 2.06 bits per heavy atom. The van der Waals surface area contributed by atoms with Crippen molar-refractivity contribution in [1.82, 2.24) is 0 Å². The van der Waals surface area contributed by atoms with Crippen LogP contribution >= 0.6 is 0 Å². The molecular weight excluding hydrogens is 224 g/mol. The summed E-state index contributed by atoms with van der Waals surface area (Å²) in [6.45, 7) is 4.56. The number of esters is 1. The van der Waals surface area contributed by atoms with Crippen LogP contribution in [0.15, 0.2) is 36.4 Å². The zero-order valence-corrected chi connectivity index (χ0v) is 10.9. The highest BCUT2D eigenvalue weighted by Gasteiger charge is 1.93. The average Bonchev–Trinajstić information content (AvgIpc) is 2.37. The van der Waals surface area contributed by atoms with E-state index >= 15 is 0 Å². The number of ether oxygens (including phenoxy) is 1. The van der Waals surface area contributed by atoms with Crippen molar-refractivity contribution in [3.05, 3.63) is 47.5 Å². The summed E-state index contributed by atoms with van der Waals surface area (Å²) < 4.78 is 4.96. The molecule has 0 bridgehead atoms. The van der Waals surface area contributed by atoms with Gasteiger partial charge in [0.1, 0.15) is 0 Å². The standard InChI is InChI=1S/C16H18O2/c1-3-4-13-18-16(17)8-6-5-7-15-11-9-14(2)10-12-15/h6,8-12H,3-4,13H2,1-2H3/b8-6+. The third kappa shape index (κ3) is 5.91. The Hall–Kier alpha value is -2.01. The van der Waals surface area contributed by atoms with E-state index in [-0.39, 0.29) is 5.97 Å². The molecule has 0 amide bonds. The van der Waals surface area contributed by atoms with Gasteiger partial charge in [-0.2, -0.15) is 0 Å². The van der Waals surface area contributed by atoms with E-state index in [4.69, 9.17) is 4.74 Å². The summed E-state index contributed by atoms with van der Waals surface area (Å²) in [5, 5.41) is 0. The summed E-state index contributed by atoms with van der Waals surface area (Å²) in [6, 6.07) is 7.92. The predicted octanol–water partition coefficient (Wildman–Crippen LogP) is 3.25. The average molecular weight is 242 g/mol. The van der Waals surface area contributed by atoms with Crippen LogP contribution in [-0.4, -0.2) is 12.6 Å². The monoisotopic (exact) mass is 242 g/mol. The van der Waals surface area contributed by atoms with Crippen LogP contribution < -0.4 is 0 Å². The molecule has 94 valence electrons. The summed E-state index contributed by atoms with van der Waals surface area (Å²) in [4.78, 5) is 11.2. The van der Waals surface area contributed by atoms with Gasteiger partial charge in [0, 0.05) is 11.6 Å². The molecule has 1 aromatic rings. The molecule has 0 saturated heterocycles. The van der Waals surface area contributed by atoms with Crippen LogP contribution in [0.5, 0.6) is 0 Å². The molecule has 0 fully saturated rings. The number of carbonyl (C=O) groups excluding carboxylic acids is 1. The zero-order chi connectivity index (χ0) is 13.2. The number of aryl methyl sites for hydroxylation is 1. The van der Waals surface area contributed by atoms with E-state index in [0.717, 1.165) is 18.4 Å². The highest BCUT2D eigenvalue weighted by atomic mass is 16.5. The molecule has 0 aromatic heterocycles. The molecule has 2 heteroatoms. The summed E-state index contributed by atoms with van der Waals surface area (Å²) in [6.07, 6.45) is 4.80. The molecule has 0 aliphatic carbocycles. The molecule has 0 atom stereocenters.